The second-order valence-corrected chi connectivity index (χ2v) is 4.43. The Balaban J connectivity index is 0.00000103. The van der Waals surface area contributed by atoms with Crippen molar-refractivity contribution in [3.8, 4) is 5.75 Å². The van der Waals surface area contributed by atoms with Crippen LogP contribution in [-0.4, -0.2) is 18.7 Å². The van der Waals surface area contributed by atoms with Crippen molar-refractivity contribution in [3.63, 3.8) is 0 Å². The zero-order valence-electron chi connectivity index (χ0n) is 11.8. The molecule has 0 unspecified atom stereocenters. The number of ether oxygens (including phenoxy) is 1. The summed E-state index contributed by atoms with van der Waals surface area (Å²) in [7, 11) is 0. The number of benzene rings is 1. The standard InChI is InChI=1S/C13H18FNO.C2H6.H2/c1-3-15-11-7-13(8-11)16-12-5-9(2)4-10(14)6-12;1-2;/h4-6,11,13,15H,3,7-8H2,1-2H3;1-2H3;1H. The monoisotopic (exact) mass is 255 g/mol. The fraction of sp³-hybridized carbons (Fsp3) is 0.600. The van der Waals surface area contributed by atoms with E-state index < -0.39 is 0 Å². The van der Waals surface area contributed by atoms with Gasteiger partial charge in [-0.2, -0.15) is 0 Å². The van der Waals surface area contributed by atoms with Gasteiger partial charge in [0.05, 0.1) is 0 Å². The third-order valence-corrected chi connectivity index (χ3v) is 2.91. The first kappa shape index (κ1) is 15.0. The smallest absolute Gasteiger partial charge is 0.127 e. The molecule has 0 spiro atoms. The molecule has 0 saturated heterocycles. The maximum atomic E-state index is 13.1. The summed E-state index contributed by atoms with van der Waals surface area (Å²) in [5.41, 5.74) is 0.901. The Hall–Kier alpha value is -1.09. The van der Waals surface area contributed by atoms with Crippen LogP contribution in [0.15, 0.2) is 18.2 Å². The molecular formula is C15H26FNO. The van der Waals surface area contributed by atoms with E-state index in [0.717, 1.165) is 24.9 Å². The first-order valence-corrected chi connectivity index (χ1v) is 6.84. The largest absolute Gasteiger partial charge is 0.490 e. The highest BCUT2D eigenvalue weighted by Gasteiger charge is 2.29. The molecule has 18 heavy (non-hydrogen) atoms. The van der Waals surface area contributed by atoms with E-state index in [1.54, 1.807) is 0 Å². The van der Waals surface area contributed by atoms with Gasteiger partial charge < -0.3 is 10.1 Å². The Morgan fingerprint density at radius 1 is 1.33 bits per heavy atom. The Labute approximate surface area is 111 Å². The normalized spacial score (nSPS) is 21.6. The van der Waals surface area contributed by atoms with Gasteiger partial charge in [-0.05, 0) is 44.0 Å². The van der Waals surface area contributed by atoms with Gasteiger partial charge in [0, 0.05) is 13.5 Å². The summed E-state index contributed by atoms with van der Waals surface area (Å²) >= 11 is 0. The Kier molecular flexibility index (Phi) is 6.13. The fourth-order valence-electron chi connectivity index (χ4n) is 2.08. The van der Waals surface area contributed by atoms with E-state index >= 15 is 0 Å². The van der Waals surface area contributed by atoms with Gasteiger partial charge in [-0.3, -0.25) is 0 Å². The van der Waals surface area contributed by atoms with Crippen molar-refractivity contribution >= 4 is 0 Å². The maximum Gasteiger partial charge on any atom is 0.127 e. The van der Waals surface area contributed by atoms with Crippen LogP contribution in [0.1, 0.15) is 40.6 Å². The van der Waals surface area contributed by atoms with Crippen molar-refractivity contribution in [3.05, 3.63) is 29.6 Å². The van der Waals surface area contributed by atoms with Crippen LogP contribution >= 0.6 is 0 Å². The second-order valence-electron chi connectivity index (χ2n) is 4.43. The van der Waals surface area contributed by atoms with Crippen LogP contribution in [0, 0.1) is 12.7 Å². The quantitative estimate of drug-likeness (QED) is 0.880. The van der Waals surface area contributed by atoms with Gasteiger partial charge >= 0.3 is 0 Å². The minimum Gasteiger partial charge on any atom is -0.490 e. The molecule has 1 aliphatic carbocycles. The summed E-state index contributed by atoms with van der Waals surface area (Å²) in [6.07, 6.45) is 2.28. The van der Waals surface area contributed by atoms with E-state index in [-0.39, 0.29) is 13.3 Å². The van der Waals surface area contributed by atoms with Crippen LogP contribution in [0.2, 0.25) is 0 Å². The lowest BCUT2D eigenvalue weighted by Crippen LogP contribution is -2.46. The zero-order valence-corrected chi connectivity index (χ0v) is 11.8. The predicted molar refractivity (Wildman–Crippen MR) is 75.7 cm³/mol. The molecule has 0 bridgehead atoms. The molecule has 2 nitrogen and oxygen atoms in total. The highest BCUT2D eigenvalue weighted by atomic mass is 19.1. The summed E-state index contributed by atoms with van der Waals surface area (Å²) < 4.78 is 18.8. The Morgan fingerprint density at radius 2 is 2.00 bits per heavy atom. The van der Waals surface area contributed by atoms with Crippen molar-refractivity contribution in [1.29, 1.82) is 0 Å². The molecule has 2 rings (SSSR count). The van der Waals surface area contributed by atoms with Crippen LogP contribution in [-0.2, 0) is 0 Å². The third-order valence-electron chi connectivity index (χ3n) is 2.91. The van der Waals surface area contributed by atoms with Gasteiger partial charge in [0.25, 0.3) is 0 Å². The van der Waals surface area contributed by atoms with Gasteiger partial charge in [-0.1, -0.05) is 20.8 Å². The van der Waals surface area contributed by atoms with Crippen molar-refractivity contribution in [1.82, 2.24) is 5.32 Å². The van der Waals surface area contributed by atoms with Crippen LogP contribution in [0.5, 0.6) is 5.75 Å². The number of halogens is 1. The molecule has 1 aromatic carbocycles. The molecular weight excluding hydrogens is 229 g/mol. The van der Waals surface area contributed by atoms with E-state index in [1.165, 1.54) is 12.1 Å². The molecule has 1 saturated carbocycles. The lowest BCUT2D eigenvalue weighted by molar-refractivity contribution is 0.0856. The second kappa shape index (κ2) is 7.37. The summed E-state index contributed by atoms with van der Waals surface area (Å²) in [4.78, 5) is 0. The highest BCUT2D eigenvalue weighted by molar-refractivity contribution is 5.29. The molecule has 0 amide bonds. The van der Waals surface area contributed by atoms with Crippen LogP contribution in [0.3, 0.4) is 0 Å². The molecule has 1 aromatic rings. The number of hydrogen-bond acceptors (Lipinski definition) is 2. The van der Waals surface area contributed by atoms with Gasteiger partial charge in [-0.25, -0.2) is 4.39 Å². The Morgan fingerprint density at radius 3 is 2.56 bits per heavy atom. The Bertz CT molecular complexity index is 347. The first-order valence-electron chi connectivity index (χ1n) is 6.84. The summed E-state index contributed by atoms with van der Waals surface area (Å²) in [6.45, 7) is 8.97. The number of aryl methyl sites for hydroxylation is 1. The number of rotatable bonds is 4. The SMILES string of the molecule is CC.CCNC1CC(Oc2cc(C)cc(F)c2)C1.[HH]. The minimum atomic E-state index is -0.224. The van der Waals surface area contributed by atoms with E-state index in [0.29, 0.717) is 11.8 Å². The van der Waals surface area contributed by atoms with E-state index in [4.69, 9.17) is 4.74 Å². The van der Waals surface area contributed by atoms with E-state index in [1.807, 2.05) is 26.8 Å². The average Bonchev–Trinajstić information content (AvgIpc) is 2.28. The molecule has 104 valence electrons. The lowest BCUT2D eigenvalue weighted by Gasteiger charge is -2.35. The summed E-state index contributed by atoms with van der Waals surface area (Å²) in [6, 6.07) is 5.41. The van der Waals surface area contributed by atoms with Crippen LogP contribution in [0.4, 0.5) is 4.39 Å². The average molecular weight is 255 g/mol. The van der Waals surface area contributed by atoms with Crippen LogP contribution < -0.4 is 10.1 Å². The highest BCUT2D eigenvalue weighted by Crippen LogP contribution is 2.26. The molecule has 0 aromatic heterocycles. The van der Waals surface area contributed by atoms with Crippen LogP contribution in [0.25, 0.3) is 0 Å². The molecule has 1 fully saturated rings. The van der Waals surface area contributed by atoms with Gasteiger partial charge in [0.2, 0.25) is 0 Å². The maximum absolute atomic E-state index is 13.1. The first-order chi connectivity index (χ1) is 8.67. The van der Waals surface area contributed by atoms with E-state index in [9.17, 15) is 4.39 Å². The molecule has 1 aliphatic rings. The van der Waals surface area contributed by atoms with Crippen molar-refractivity contribution in [2.45, 2.75) is 52.7 Å². The fourth-order valence-corrected chi connectivity index (χ4v) is 2.08. The molecule has 0 atom stereocenters. The predicted octanol–water partition coefficient (Wildman–Crippen LogP) is 3.93. The molecule has 0 heterocycles. The minimum absolute atomic E-state index is 0. The van der Waals surface area contributed by atoms with Crippen molar-refractivity contribution in [2.24, 2.45) is 0 Å². The van der Waals surface area contributed by atoms with Gasteiger partial charge in [-0.15, -0.1) is 0 Å². The number of nitrogens with one attached hydrogen (secondary N) is 1. The topological polar surface area (TPSA) is 21.3 Å². The third kappa shape index (κ3) is 4.30. The van der Waals surface area contributed by atoms with Gasteiger partial charge in [0.1, 0.15) is 17.7 Å². The van der Waals surface area contributed by atoms with Gasteiger partial charge in [0.15, 0.2) is 0 Å². The van der Waals surface area contributed by atoms with Crippen molar-refractivity contribution in [2.75, 3.05) is 6.54 Å². The summed E-state index contributed by atoms with van der Waals surface area (Å²) in [5.74, 6) is 0.426. The zero-order chi connectivity index (χ0) is 13.5. The van der Waals surface area contributed by atoms with Crippen molar-refractivity contribution < 1.29 is 10.6 Å². The summed E-state index contributed by atoms with van der Waals surface area (Å²) in [5, 5.41) is 3.37. The number of hydrogen-bond donors (Lipinski definition) is 1. The van der Waals surface area contributed by atoms with E-state index in [2.05, 4.69) is 12.2 Å². The molecule has 3 heteroatoms. The molecule has 0 aliphatic heterocycles. The lowest BCUT2D eigenvalue weighted by atomic mass is 9.89. The molecule has 0 radical (unpaired) electrons. The molecule has 1 N–H and O–H groups in total.